The van der Waals surface area contributed by atoms with Crippen LogP contribution in [0.15, 0.2) is 47.0 Å². The van der Waals surface area contributed by atoms with E-state index in [1.54, 1.807) is 6.07 Å². The first kappa shape index (κ1) is 10.9. The molecule has 0 aliphatic rings. The predicted octanol–water partition coefficient (Wildman–Crippen LogP) is 3.09. The predicted molar refractivity (Wildman–Crippen MR) is 67.3 cm³/mol. The Kier molecular flexibility index (Phi) is 2.57. The summed E-state index contributed by atoms with van der Waals surface area (Å²) in [5, 5.41) is 4.95. The van der Waals surface area contributed by atoms with Gasteiger partial charge in [0.05, 0.1) is 0 Å². The van der Waals surface area contributed by atoms with Gasteiger partial charge in [0.15, 0.2) is 5.58 Å². The topological polar surface area (TPSA) is 52.0 Å². The van der Waals surface area contributed by atoms with Crippen LogP contribution >= 0.6 is 0 Å². The van der Waals surface area contributed by atoms with E-state index in [1.165, 1.54) is 12.1 Å². The average molecular weight is 242 g/mol. The number of fused-ring (bicyclic) bond motifs is 1. The van der Waals surface area contributed by atoms with E-state index in [4.69, 9.17) is 10.3 Å². The Labute approximate surface area is 103 Å². The zero-order valence-electron chi connectivity index (χ0n) is 9.56. The number of hydrogen-bond donors (Lipinski definition) is 1. The fraction of sp³-hybridized carbons (Fsp3) is 0.0714. The van der Waals surface area contributed by atoms with Crippen LogP contribution in [0.25, 0.3) is 22.2 Å². The summed E-state index contributed by atoms with van der Waals surface area (Å²) in [4.78, 5) is 0. The van der Waals surface area contributed by atoms with Crippen LogP contribution in [-0.4, -0.2) is 5.16 Å². The molecule has 3 rings (SSSR count). The lowest BCUT2D eigenvalue weighted by molar-refractivity contribution is 0.459. The molecule has 0 saturated heterocycles. The number of nitrogens with two attached hydrogens (primary N) is 1. The maximum atomic E-state index is 13.2. The molecule has 90 valence electrons. The van der Waals surface area contributed by atoms with Crippen molar-refractivity contribution in [2.24, 2.45) is 5.73 Å². The van der Waals surface area contributed by atoms with Gasteiger partial charge >= 0.3 is 0 Å². The Morgan fingerprint density at radius 1 is 1.17 bits per heavy atom. The van der Waals surface area contributed by atoms with Crippen LogP contribution in [-0.2, 0) is 6.54 Å². The van der Waals surface area contributed by atoms with Gasteiger partial charge in [-0.3, -0.25) is 0 Å². The molecule has 1 heterocycles. The molecule has 1 aromatic heterocycles. The number of hydrogen-bond acceptors (Lipinski definition) is 3. The van der Waals surface area contributed by atoms with Crippen molar-refractivity contribution < 1.29 is 8.91 Å². The maximum absolute atomic E-state index is 13.2. The van der Waals surface area contributed by atoms with Crippen molar-refractivity contribution >= 4 is 11.0 Å². The monoisotopic (exact) mass is 242 g/mol. The lowest BCUT2D eigenvalue weighted by atomic mass is 10.0. The van der Waals surface area contributed by atoms with Crippen LogP contribution in [0.4, 0.5) is 4.39 Å². The van der Waals surface area contributed by atoms with Crippen molar-refractivity contribution in [3.63, 3.8) is 0 Å². The molecule has 0 aliphatic heterocycles. The molecule has 0 amide bonds. The van der Waals surface area contributed by atoms with Crippen LogP contribution in [0.3, 0.4) is 0 Å². The lowest BCUT2D eigenvalue weighted by Crippen LogP contribution is -2.00. The number of aromatic nitrogens is 1. The summed E-state index contributed by atoms with van der Waals surface area (Å²) in [6.07, 6.45) is 0. The van der Waals surface area contributed by atoms with Gasteiger partial charge < -0.3 is 10.3 Å². The highest BCUT2D eigenvalue weighted by atomic mass is 19.1. The fourth-order valence-electron chi connectivity index (χ4n) is 2.04. The third-order valence-corrected chi connectivity index (χ3v) is 2.92. The van der Waals surface area contributed by atoms with Crippen molar-refractivity contribution in [1.82, 2.24) is 5.16 Å². The summed E-state index contributed by atoms with van der Waals surface area (Å²) in [7, 11) is 0. The van der Waals surface area contributed by atoms with Crippen molar-refractivity contribution in [3.8, 4) is 11.3 Å². The van der Waals surface area contributed by atoms with Crippen LogP contribution in [0, 0.1) is 5.82 Å². The Morgan fingerprint density at radius 2 is 2.00 bits per heavy atom. The van der Waals surface area contributed by atoms with Crippen LogP contribution < -0.4 is 5.73 Å². The van der Waals surface area contributed by atoms with Crippen LogP contribution in [0.2, 0.25) is 0 Å². The summed E-state index contributed by atoms with van der Waals surface area (Å²) in [6.45, 7) is 0.258. The summed E-state index contributed by atoms with van der Waals surface area (Å²) in [6, 6.07) is 12.1. The van der Waals surface area contributed by atoms with Gasteiger partial charge in [0, 0.05) is 17.5 Å². The number of rotatable bonds is 2. The first-order chi connectivity index (χ1) is 8.79. The van der Waals surface area contributed by atoms with Gasteiger partial charge in [-0.2, -0.15) is 0 Å². The average Bonchev–Trinajstić information content (AvgIpc) is 2.82. The first-order valence-electron chi connectivity index (χ1n) is 5.63. The van der Waals surface area contributed by atoms with E-state index in [9.17, 15) is 4.39 Å². The second-order valence-electron chi connectivity index (χ2n) is 4.03. The second kappa shape index (κ2) is 4.23. The zero-order chi connectivity index (χ0) is 12.5. The zero-order valence-corrected chi connectivity index (χ0v) is 9.56. The Bertz CT molecular complexity index is 706. The molecule has 0 bridgehead atoms. The van der Waals surface area contributed by atoms with Crippen molar-refractivity contribution in [2.45, 2.75) is 6.54 Å². The molecule has 0 aliphatic carbocycles. The number of nitrogens with zero attached hydrogens (tertiary/aromatic N) is 1. The number of para-hydroxylation sites is 1. The summed E-state index contributed by atoms with van der Waals surface area (Å²) < 4.78 is 18.4. The van der Waals surface area contributed by atoms with Gasteiger partial charge in [0.2, 0.25) is 0 Å². The maximum Gasteiger partial charge on any atom is 0.167 e. The molecule has 0 radical (unpaired) electrons. The van der Waals surface area contributed by atoms with Crippen molar-refractivity contribution in [1.29, 1.82) is 0 Å². The lowest BCUT2D eigenvalue weighted by Gasteiger charge is -2.04. The molecule has 3 nitrogen and oxygen atoms in total. The van der Waals surface area contributed by atoms with E-state index in [0.29, 0.717) is 16.8 Å². The molecule has 2 N–H and O–H groups in total. The van der Waals surface area contributed by atoms with Crippen molar-refractivity contribution in [2.75, 3.05) is 0 Å². The quantitative estimate of drug-likeness (QED) is 0.751. The standard InChI is InChI=1S/C14H11FN2O/c15-10-5-6-11(9(7-10)8-16)14-12-3-1-2-4-13(12)18-17-14/h1-7H,8,16H2. The molecule has 0 saturated carbocycles. The Morgan fingerprint density at radius 3 is 2.83 bits per heavy atom. The number of halogens is 1. The minimum Gasteiger partial charge on any atom is -0.356 e. The molecule has 2 aromatic carbocycles. The van der Waals surface area contributed by atoms with E-state index >= 15 is 0 Å². The number of benzene rings is 2. The van der Waals surface area contributed by atoms with Gasteiger partial charge in [0.25, 0.3) is 0 Å². The molecular weight excluding hydrogens is 231 g/mol. The minimum absolute atomic E-state index is 0.258. The van der Waals surface area contributed by atoms with E-state index in [2.05, 4.69) is 5.16 Å². The largest absolute Gasteiger partial charge is 0.356 e. The van der Waals surface area contributed by atoms with Gasteiger partial charge in [-0.15, -0.1) is 0 Å². The highest BCUT2D eigenvalue weighted by Crippen LogP contribution is 2.30. The van der Waals surface area contributed by atoms with E-state index in [1.807, 2.05) is 24.3 Å². The molecule has 18 heavy (non-hydrogen) atoms. The van der Waals surface area contributed by atoms with E-state index in [-0.39, 0.29) is 12.4 Å². The Hall–Kier alpha value is -2.20. The summed E-state index contributed by atoms with van der Waals surface area (Å²) in [5.41, 5.74) is 8.58. The van der Waals surface area contributed by atoms with Gasteiger partial charge in [0.1, 0.15) is 11.5 Å². The van der Waals surface area contributed by atoms with E-state index in [0.717, 1.165) is 10.9 Å². The normalized spacial score (nSPS) is 11.0. The molecule has 0 atom stereocenters. The minimum atomic E-state index is -0.299. The van der Waals surface area contributed by atoms with Gasteiger partial charge in [-0.05, 0) is 35.9 Å². The Balaban J connectivity index is 2.26. The SMILES string of the molecule is NCc1cc(F)ccc1-c1noc2ccccc12. The van der Waals surface area contributed by atoms with Crippen LogP contribution in [0.5, 0.6) is 0 Å². The molecule has 4 heteroatoms. The van der Waals surface area contributed by atoms with E-state index < -0.39 is 0 Å². The van der Waals surface area contributed by atoms with Crippen LogP contribution in [0.1, 0.15) is 5.56 Å². The smallest absolute Gasteiger partial charge is 0.167 e. The second-order valence-corrected chi connectivity index (χ2v) is 4.03. The molecular formula is C14H11FN2O. The third-order valence-electron chi connectivity index (χ3n) is 2.92. The first-order valence-corrected chi connectivity index (χ1v) is 5.63. The fourth-order valence-corrected chi connectivity index (χ4v) is 2.04. The summed E-state index contributed by atoms with van der Waals surface area (Å²) in [5.74, 6) is -0.299. The highest BCUT2D eigenvalue weighted by Gasteiger charge is 2.13. The van der Waals surface area contributed by atoms with Gasteiger partial charge in [-0.25, -0.2) is 4.39 Å². The molecule has 0 fully saturated rings. The summed E-state index contributed by atoms with van der Waals surface area (Å²) >= 11 is 0. The highest BCUT2D eigenvalue weighted by molar-refractivity contribution is 5.92. The third kappa shape index (κ3) is 1.67. The van der Waals surface area contributed by atoms with Crippen molar-refractivity contribution in [3.05, 3.63) is 53.8 Å². The molecule has 0 spiro atoms. The van der Waals surface area contributed by atoms with Gasteiger partial charge in [-0.1, -0.05) is 17.3 Å². The molecule has 3 aromatic rings. The molecule has 0 unspecified atom stereocenters.